The fraction of sp³-hybridized carbons (Fsp3) is 0.320. The number of carbonyl (C=O) groups is 1. The maximum Gasteiger partial charge on any atom is 0.226 e. The molecule has 1 aliphatic heterocycles. The number of rotatable bonds is 6. The van der Waals surface area contributed by atoms with Gasteiger partial charge in [0.05, 0.1) is 5.41 Å². The molecule has 3 heterocycles. The highest BCUT2D eigenvalue weighted by atomic mass is 16.2. The van der Waals surface area contributed by atoms with Crippen molar-refractivity contribution in [1.82, 2.24) is 20.2 Å². The molecule has 0 radical (unpaired) electrons. The van der Waals surface area contributed by atoms with Crippen molar-refractivity contribution < 1.29 is 4.79 Å². The SMILES string of the molecule is CNC(=O)C1(Cc2ccccc2-c2cccnc2)CCN(Cc2cccnc2)CC1. The van der Waals surface area contributed by atoms with Gasteiger partial charge in [0, 0.05) is 43.9 Å². The maximum absolute atomic E-state index is 13.1. The van der Waals surface area contributed by atoms with Gasteiger partial charge in [-0.25, -0.2) is 0 Å². The first-order chi connectivity index (χ1) is 14.7. The Morgan fingerprint density at radius 2 is 1.73 bits per heavy atom. The number of amides is 1. The average molecular weight is 401 g/mol. The van der Waals surface area contributed by atoms with Crippen LogP contribution in [0.4, 0.5) is 0 Å². The van der Waals surface area contributed by atoms with E-state index in [0.29, 0.717) is 0 Å². The van der Waals surface area contributed by atoms with Gasteiger partial charge in [-0.15, -0.1) is 0 Å². The molecule has 0 aliphatic carbocycles. The van der Waals surface area contributed by atoms with E-state index in [1.54, 1.807) is 19.4 Å². The number of benzene rings is 1. The molecule has 1 N–H and O–H groups in total. The average Bonchev–Trinajstić information content (AvgIpc) is 2.81. The number of aromatic nitrogens is 2. The van der Waals surface area contributed by atoms with Crippen LogP contribution < -0.4 is 5.32 Å². The number of likely N-dealkylation sites (tertiary alicyclic amines) is 1. The summed E-state index contributed by atoms with van der Waals surface area (Å²) < 4.78 is 0. The maximum atomic E-state index is 13.1. The number of hydrogen-bond acceptors (Lipinski definition) is 4. The van der Waals surface area contributed by atoms with Gasteiger partial charge in [-0.3, -0.25) is 19.7 Å². The van der Waals surface area contributed by atoms with E-state index < -0.39 is 5.41 Å². The predicted molar refractivity (Wildman–Crippen MR) is 119 cm³/mol. The van der Waals surface area contributed by atoms with Crippen LogP contribution in [-0.2, 0) is 17.8 Å². The lowest BCUT2D eigenvalue weighted by atomic mass is 9.72. The lowest BCUT2D eigenvalue weighted by Crippen LogP contribution is -2.49. The van der Waals surface area contributed by atoms with Gasteiger partial charge in [0.25, 0.3) is 0 Å². The number of pyridine rings is 2. The third-order valence-corrected chi connectivity index (χ3v) is 6.17. The third kappa shape index (κ3) is 4.41. The van der Waals surface area contributed by atoms with Gasteiger partial charge in [0.2, 0.25) is 5.91 Å². The number of nitrogens with zero attached hydrogens (tertiary/aromatic N) is 3. The Morgan fingerprint density at radius 3 is 2.40 bits per heavy atom. The first-order valence-corrected chi connectivity index (χ1v) is 10.5. The molecule has 1 aromatic carbocycles. The van der Waals surface area contributed by atoms with Crippen molar-refractivity contribution in [3.63, 3.8) is 0 Å². The van der Waals surface area contributed by atoms with E-state index in [1.807, 2.05) is 24.5 Å². The highest BCUT2D eigenvalue weighted by Crippen LogP contribution is 2.38. The second-order valence-electron chi connectivity index (χ2n) is 8.07. The molecule has 5 heteroatoms. The largest absolute Gasteiger partial charge is 0.359 e. The monoisotopic (exact) mass is 400 g/mol. The van der Waals surface area contributed by atoms with E-state index in [4.69, 9.17) is 0 Å². The van der Waals surface area contributed by atoms with E-state index >= 15 is 0 Å². The van der Waals surface area contributed by atoms with Gasteiger partial charge in [0.1, 0.15) is 0 Å². The minimum absolute atomic E-state index is 0.143. The van der Waals surface area contributed by atoms with Crippen molar-refractivity contribution in [2.45, 2.75) is 25.8 Å². The van der Waals surface area contributed by atoms with Gasteiger partial charge < -0.3 is 5.32 Å². The molecule has 1 fully saturated rings. The Bertz CT molecular complexity index is 967. The van der Waals surface area contributed by atoms with Crippen LogP contribution in [0.1, 0.15) is 24.0 Å². The molecule has 1 aliphatic rings. The lowest BCUT2D eigenvalue weighted by molar-refractivity contribution is -0.133. The summed E-state index contributed by atoms with van der Waals surface area (Å²) in [5, 5.41) is 2.94. The van der Waals surface area contributed by atoms with Crippen LogP contribution in [0.5, 0.6) is 0 Å². The standard InChI is InChI=1S/C25H28N4O/c1-26-24(30)25(10-14-29(15-11-25)19-20-6-4-12-27-17-20)16-21-7-2-3-9-23(21)22-8-5-13-28-18-22/h2-9,12-13,17-18H,10-11,14-16,19H2,1H3,(H,26,30). The summed E-state index contributed by atoms with van der Waals surface area (Å²) in [6.45, 7) is 2.68. The van der Waals surface area contributed by atoms with Crippen LogP contribution in [-0.4, -0.2) is 40.9 Å². The van der Waals surface area contributed by atoms with E-state index in [0.717, 1.165) is 50.0 Å². The molecule has 30 heavy (non-hydrogen) atoms. The lowest BCUT2D eigenvalue weighted by Gasteiger charge is -2.41. The van der Waals surface area contributed by atoms with Crippen molar-refractivity contribution in [3.05, 3.63) is 84.4 Å². The van der Waals surface area contributed by atoms with E-state index in [2.05, 4.69) is 56.6 Å². The molecule has 0 spiro atoms. The Labute approximate surface area is 178 Å². The Kier molecular flexibility index (Phi) is 6.19. The fourth-order valence-electron chi connectivity index (χ4n) is 4.48. The minimum atomic E-state index is -0.390. The van der Waals surface area contributed by atoms with Crippen LogP contribution in [0.3, 0.4) is 0 Å². The van der Waals surface area contributed by atoms with E-state index in [-0.39, 0.29) is 5.91 Å². The summed E-state index contributed by atoms with van der Waals surface area (Å²) in [6.07, 6.45) is 9.82. The zero-order valence-corrected chi connectivity index (χ0v) is 17.4. The minimum Gasteiger partial charge on any atom is -0.359 e. The van der Waals surface area contributed by atoms with Crippen molar-refractivity contribution >= 4 is 5.91 Å². The van der Waals surface area contributed by atoms with Crippen LogP contribution in [0.15, 0.2) is 73.3 Å². The number of piperidine rings is 1. The third-order valence-electron chi connectivity index (χ3n) is 6.17. The van der Waals surface area contributed by atoms with Gasteiger partial charge in [-0.1, -0.05) is 36.4 Å². The molecule has 0 unspecified atom stereocenters. The first kappa shape index (κ1) is 20.2. The molecule has 4 rings (SSSR count). The van der Waals surface area contributed by atoms with Crippen LogP contribution in [0, 0.1) is 5.41 Å². The number of hydrogen-bond donors (Lipinski definition) is 1. The molecular weight excluding hydrogens is 372 g/mol. The van der Waals surface area contributed by atoms with Gasteiger partial charge >= 0.3 is 0 Å². The summed E-state index contributed by atoms with van der Waals surface area (Å²) in [5.74, 6) is 0.143. The van der Waals surface area contributed by atoms with Gasteiger partial charge in [-0.2, -0.15) is 0 Å². The second-order valence-corrected chi connectivity index (χ2v) is 8.07. The fourth-order valence-corrected chi connectivity index (χ4v) is 4.48. The topological polar surface area (TPSA) is 58.1 Å². The second kappa shape index (κ2) is 9.18. The molecule has 5 nitrogen and oxygen atoms in total. The van der Waals surface area contributed by atoms with Crippen molar-refractivity contribution in [1.29, 1.82) is 0 Å². The summed E-state index contributed by atoms with van der Waals surface area (Å²) in [4.78, 5) is 24.0. The molecule has 0 bridgehead atoms. The highest BCUT2D eigenvalue weighted by Gasteiger charge is 2.41. The summed E-state index contributed by atoms with van der Waals surface area (Å²) >= 11 is 0. The Morgan fingerprint density at radius 1 is 1.00 bits per heavy atom. The van der Waals surface area contributed by atoms with E-state index in [9.17, 15) is 4.79 Å². The first-order valence-electron chi connectivity index (χ1n) is 10.5. The highest BCUT2D eigenvalue weighted by molar-refractivity contribution is 5.83. The van der Waals surface area contributed by atoms with Crippen molar-refractivity contribution in [2.24, 2.45) is 5.41 Å². The normalized spacial score (nSPS) is 16.2. The molecule has 3 aromatic rings. The van der Waals surface area contributed by atoms with Gasteiger partial charge in [-0.05, 0) is 61.2 Å². The molecule has 154 valence electrons. The summed E-state index contributed by atoms with van der Waals surface area (Å²) in [5.41, 5.74) is 4.28. The quantitative estimate of drug-likeness (QED) is 0.685. The van der Waals surface area contributed by atoms with Crippen molar-refractivity contribution in [2.75, 3.05) is 20.1 Å². The van der Waals surface area contributed by atoms with Gasteiger partial charge in [0.15, 0.2) is 0 Å². The van der Waals surface area contributed by atoms with Crippen molar-refractivity contribution in [3.8, 4) is 11.1 Å². The Hall–Kier alpha value is -3.05. The number of nitrogens with one attached hydrogen (secondary N) is 1. The van der Waals surface area contributed by atoms with Crippen LogP contribution in [0.25, 0.3) is 11.1 Å². The van der Waals surface area contributed by atoms with Crippen LogP contribution in [0.2, 0.25) is 0 Å². The molecule has 0 atom stereocenters. The summed E-state index contributed by atoms with van der Waals surface area (Å²) in [7, 11) is 1.75. The molecule has 2 aromatic heterocycles. The van der Waals surface area contributed by atoms with E-state index in [1.165, 1.54) is 11.1 Å². The summed E-state index contributed by atoms with van der Waals surface area (Å²) in [6, 6.07) is 16.5. The zero-order chi connectivity index (χ0) is 20.8. The Balaban J connectivity index is 1.54. The molecule has 1 saturated heterocycles. The van der Waals surface area contributed by atoms with Crippen LogP contribution >= 0.6 is 0 Å². The molecule has 1 amide bonds. The predicted octanol–water partition coefficient (Wildman–Crippen LogP) is 3.71. The number of carbonyl (C=O) groups excluding carboxylic acids is 1. The smallest absolute Gasteiger partial charge is 0.226 e. The zero-order valence-electron chi connectivity index (χ0n) is 17.4. The molecular formula is C25H28N4O. The molecule has 0 saturated carbocycles.